The van der Waals surface area contributed by atoms with Gasteiger partial charge in [-0.1, -0.05) is 38.1 Å². The molecule has 0 spiro atoms. The summed E-state index contributed by atoms with van der Waals surface area (Å²) in [5.41, 5.74) is 2.09. The molecular formula is C14H22N4. The summed E-state index contributed by atoms with van der Waals surface area (Å²) in [6.07, 6.45) is 1.05. The molecule has 4 nitrogen and oxygen atoms in total. The van der Waals surface area contributed by atoms with Crippen LogP contribution in [0.1, 0.15) is 33.2 Å². The molecule has 4 heteroatoms. The first kappa shape index (κ1) is 13.0. The summed E-state index contributed by atoms with van der Waals surface area (Å²) in [6.45, 7) is 8.63. The smallest absolute Gasteiger partial charge is 0.113 e. The number of nitrogens with zero attached hydrogens (tertiary/aromatic N) is 3. The Morgan fingerprint density at radius 2 is 2.00 bits per heavy atom. The lowest BCUT2D eigenvalue weighted by Gasteiger charge is -2.17. The first-order chi connectivity index (χ1) is 8.72. The first-order valence-corrected chi connectivity index (χ1v) is 6.73. The molecule has 1 N–H and O–H groups in total. The third-order valence-electron chi connectivity index (χ3n) is 3.13. The zero-order valence-electron chi connectivity index (χ0n) is 11.4. The Kier molecular flexibility index (Phi) is 4.31. The van der Waals surface area contributed by atoms with Gasteiger partial charge < -0.3 is 5.32 Å². The minimum atomic E-state index is 0.371. The maximum atomic E-state index is 4.29. The van der Waals surface area contributed by atoms with Gasteiger partial charge in [-0.05, 0) is 31.0 Å². The van der Waals surface area contributed by atoms with E-state index in [0.29, 0.717) is 12.0 Å². The predicted molar refractivity (Wildman–Crippen MR) is 74.6 cm³/mol. The molecule has 0 aliphatic carbocycles. The van der Waals surface area contributed by atoms with E-state index in [1.54, 1.807) is 0 Å². The maximum absolute atomic E-state index is 4.29. The van der Waals surface area contributed by atoms with Gasteiger partial charge in [0.2, 0.25) is 0 Å². The largest absolute Gasteiger partial charge is 0.314 e. The molecule has 0 aliphatic rings. The number of para-hydroxylation sites is 1. The van der Waals surface area contributed by atoms with Crippen LogP contribution in [0.2, 0.25) is 0 Å². The van der Waals surface area contributed by atoms with Gasteiger partial charge >= 0.3 is 0 Å². The van der Waals surface area contributed by atoms with Crippen LogP contribution in [0.25, 0.3) is 11.0 Å². The Balaban J connectivity index is 2.12. The zero-order chi connectivity index (χ0) is 13.0. The molecule has 0 fully saturated rings. The van der Waals surface area contributed by atoms with Crippen LogP contribution in [-0.4, -0.2) is 28.1 Å². The number of fused-ring (bicyclic) bond motifs is 1. The van der Waals surface area contributed by atoms with Crippen LogP contribution >= 0.6 is 0 Å². The molecule has 98 valence electrons. The summed E-state index contributed by atoms with van der Waals surface area (Å²) >= 11 is 0. The van der Waals surface area contributed by atoms with Crippen molar-refractivity contribution in [2.45, 2.75) is 33.2 Å². The van der Waals surface area contributed by atoms with Crippen molar-refractivity contribution in [2.24, 2.45) is 5.92 Å². The Labute approximate surface area is 108 Å². The fraction of sp³-hybridized carbons (Fsp3) is 0.571. The van der Waals surface area contributed by atoms with Crippen molar-refractivity contribution in [1.82, 2.24) is 20.3 Å². The van der Waals surface area contributed by atoms with E-state index in [2.05, 4.69) is 42.5 Å². The molecule has 1 aromatic carbocycles. The zero-order valence-corrected chi connectivity index (χ0v) is 11.4. The number of benzene rings is 1. The molecule has 1 unspecified atom stereocenters. The van der Waals surface area contributed by atoms with Crippen LogP contribution in [0.15, 0.2) is 24.3 Å². The summed E-state index contributed by atoms with van der Waals surface area (Å²) in [4.78, 5) is 0. The van der Waals surface area contributed by atoms with Crippen LogP contribution in [0, 0.1) is 5.92 Å². The molecular weight excluding hydrogens is 224 g/mol. The fourth-order valence-electron chi connectivity index (χ4n) is 2.10. The number of hydrogen-bond donors (Lipinski definition) is 1. The lowest BCUT2D eigenvalue weighted by molar-refractivity contribution is 0.401. The standard InChI is InChI=1S/C14H22N4/c1-4-12(10-15-9-11(2)3)18-14-8-6-5-7-13(14)16-17-18/h5-8,11-12,15H,4,9-10H2,1-3H3. The number of rotatable bonds is 6. The summed E-state index contributed by atoms with van der Waals surface area (Å²) < 4.78 is 2.04. The van der Waals surface area contributed by atoms with Gasteiger partial charge in [0.1, 0.15) is 5.52 Å². The van der Waals surface area contributed by atoms with Crippen molar-refractivity contribution in [3.8, 4) is 0 Å². The summed E-state index contributed by atoms with van der Waals surface area (Å²) in [5, 5.41) is 12.0. The second kappa shape index (κ2) is 5.96. The van der Waals surface area contributed by atoms with Crippen molar-refractivity contribution in [2.75, 3.05) is 13.1 Å². The monoisotopic (exact) mass is 246 g/mol. The summed E-state index contributed by atoms with van der Waals surface area (Å²) in [7, 11) is 0. The van der Waals surface area contributed by atoms with E-state index in [0.717, 1.165) is 30.5 Å². The van der Waals surface area contributed by atoms with Crippen LogP contribution in [0.3, 0.4) is 0 Å². The third kappa shape index (κ3) is 2.88. The van der Waals surface area contributed by atoms with Crippen LogP contribution in [0.4, 0.5) is 0 Å². The Hall–Kier alpha value is -1.42. The minimum Gasteiger partial charge on any atom is -0.314 e. The molecule has 1 aromatic heterocycles. The topological polar surface area (TPSA) is 42.7 Å². The van der Waals surface area contributed by atoms with E-state index in [9.17, 15) is 0 Å². The molecule has 0 saturated heterocycles. The highest BCUT2D eigenvalue weighted by Gasteiger charge is 2.13. The van der Waals surface area contributed by atoms with Gasteiger partial charge in [0.25, 0.3) is 0 Å². The van der Waals surface area contributed by atoms with Gasteiger partial charge in [0, 0.05) is 6.54 Å². The Morgan fingerprint density at radius 1 is 1.22 bits per heavy atom. The van der Waals surface area contributed by atoms with Gasteiger partial charge in [-0.15, -0.1) is 5.10 Å². The predicted octanol–water partition coefficient (Wildman–Crippen LogP) is 2.63. The summed E-state index contributed by atoms with van der Waals surface area (Å²) in [6, 6.07) is 8.50. The molecule has 0 aliphatic heterocycles. The molecule has 0 amide bonds. The highest BCUT2D eigenvalue weighted by atomic mass is 15.4. The van der Waals surface area contributed by atoms with Gasteiger partial charge in [0.15, 0.2) is 0 Å². The van der Waals surface area contributed by atoms with E-state index in [-0.39, 0.29) is 0 Å². The molecule has 0 radical (unpaired) electrons. The Bertz CT molecular complexity index is 489. The molecule has 2 rings (SSSR count). The SMILES string of the molecule is CCC(CNCC(C)C)n1nnc2ccccc21. The van der Waals surface area contributed by atoms with Crippen molar-refractivity contribution >= 4 is 11.0 Å². The second-order valence-corrected chi connectivity index (χ2v) is 5.14. The highest BCUT2D eigenvalue weighted by Crippen LogP contribution is 2.17. The number of aromatic nitrogens is 3. The molecule has 1 heterocycles. The van der Waals surface area contributed by atoms with Gasteiger partial charge in [-0.25, -0.2) is 4.68 Å². The molecule has 0 bridgehead atoms. The van der Waals surface area contributed by atoms with E-state index in [1.165, 1.54) is 0 Å². The van der Waals surface area contributed by atoms with E-state index in [1.807, 2.05) is 22.9 Å². The molecule has 2 aromatic rings. The lowest BCUT2D eigenvalue weighted by Crippen LogP contribution is -2.28. The number of hydrogen-bond acceptors (Lipinski definition) is 3. The van der Waals surface area contributed by atoms with Crippen LogP contribution in [0.5, 0.6) is 0 Å². The summed E-state index contributed by atoms with van der Waals surface area (Å²) in [5.74, 6) is 0.676. The van der Waals surface area contributed by atoms with E-state index in [4.69, 9.17) is 0 Å². The van der Waals surface area contributed by atoms with Gasteiger partial charge in [-0.3, -0.25) is 0 Å². The maximum Gasteiger partial charge on any atom is 0.113 e. The van der Waals surface area contributed by atoms with Crippen molar-refractivity contribution in [1.29, 1.82) is 0 Å². The van der Waals surface area contributed by atoms with Crippen molar-refractivity contribution in [3.63, 3.8) is 0 Å². The Morgan fingerprint density at radius 3 is 2.72 bits per heavy atom. The third-order valence-corrected chi connectivity index (χ3v) is 3.13. The second-order valence-electron chi connectivity index (χ2n) is 5.14. The molecule has 1 atom stereocenters. The quantitative estimate of drug-likeness (QED) is 0.852. The van der Waals surface area contributed by atoms with Gasteiger partial charge in [0.05, 0.1) is 11.6 Å². The number of nitrogens with one attached hydrogen (secondary N) is 1. The lowest BCUT2D eigenvalue weighted by atomic mass is 10.2. The van der Waals surface area contributed by atoms with Crippen molar-refractivity contribution < 1.29 is 0 Å². The average Bonchev–Trinajstić information content (AvgIpc) is 2.78. The fourth-order valence-corrected chi connectivity index (χ4v) is 2.10. The van der Waals surface area contributed by atoms with E-state index < -0.39 is 0 Å². The van der Waals surface area contributed by atoms with E-state index >= 15 is 0 Å². The van der Waals surface area contributed by atoms with Gasteiger partial charge in [-0.2, -0.15) is 0 Å². The highest BCUT2D eigenvalue weighted by molar-refractivity contribution is 5.73. The minimum absolute atomic E-state index is 0.371. The average molecular weight is 246 g/mol. The molecule has 18 heavy (non-hydrogen) atoms. The van der Waals surface area contributed by atoms with Crippen LogP contribution in [-0.2, 0) is 0 Å². The normalized spacial score (nSPS) is 13.3. The first-order valence-electron chi connectivity index (χ1n) is 6.73. The van der Waals surface area contributed by atoms with Crippen LogP contribution < -0.4 is 5.32 Å². The van der Waals surface area contributed by atoms with Crippen molar-refractivity contribution in [3.05, 3.63) is 24.3 Å². The molecule has 0 saturated carbocycles.